The standard InChI is InChI=1S/C18H22N2O/c1-21-18-7-3-2-6-17(18)19-14-15-8-10-16(11-9-15)20-12-4-5-13-20/h2-3,6-11,19H,4-5,12-14H2,1H3. The second kappa shape index (κ2) is 6.53. The van der Waals surface area contributed by atoms with Gasteiger partial charge in [0.05, 0.1) is 12.8 Å². The van der Waals surface area contributed by atoms with Crippen molar-refractivity contribution in [1.82, 2.24) is 0 Å². The van der Waals surface area contributed by atoms with Crippen molar-refractivity contribution in [3.63, 3.8) is 0 Å². The molecule has 0 saturated carbocycles. The molecule has 0 aromatic heterocycles. The molecule has 21 heavy (non-hydrogen) atoms. The third kappa shape index (κ3) is 3.30. The zero-order chi connectivity index (χ0) is 14.5. The Hall–Kier alpha value is -2.16. The van der Waals surface area contributed by atoms with Gasteiger partial charge in [-0.25, -0.2) is 0 Å². The molecule has 2 aromatic rings. The number of hydrogen-bond donors (Lipinski definition) is 1. The Morgan fingerprint density at radius 2 is 1.71 bits per heavy atom. The molecule has 0 radical (unpaired) electrons. The highest BCUT2D eigenvalue weighted by molar-refractivity contribution is 5.56. The van der Waals surface area contributed by atoms with Crippen molar-refractivity contribution in [2.45, 2.75) is 19.4 Å². The first-order valence-corrected chi connectivity index (χ1v) is 7.57. The molecule has 0 unspecified atom stereocenters. The molecule has 0 atom stereocenters. The summed E-state index contributed by atoms with van der Waals surface area (Å²) in [5, 5.41) is 3.43. The fourth-order valence-corrected chi connectivity index (χ4v) is 2.79. The van der Waals surface area contributed by atoms with Gasteiger partial charge < -0.3 is 15.0 Å². The fraction of sp³-hybridized carbons (Fsp3) is 0.333. The summed E-state index contributed by atoms with van der Waals surface area (Å²) in [6, 6.07) is 16.9. The average molecular weight is 282 g/mol. The van der Waals surface area contributed by atoms with Crippen LogP contribution < -0.4 is 15.0 Å². The minimum absolute atomic E-state index is 0.806. The van der Waals surface area contributed by atoms with E-state index in [-0.39, 0.29) is 0 Å². The van der Waals surface area contributed by atoms with Crippen LogP contribution in [0.15, 0.2) is 48.5 Å². The normalized spacial score (nSPS) is 14.2. The van der Waals surface area contributed by atoms with Crippen LogP contribution in [0.5, 0.6) is 5.75 Å². The summed E-state index contributed by atoms with van der Waals surface area (Å²) in [6.45, 7) is 3.19. The molecule has 0 aliphatic carbocycles. The molecule has 1 heterocycles. The minimum atomic E-state index is 0.806. The van der Waals surface area contributed by atoms with Crippen molar-refractivity contribution >= 4 is 11.4 Å². The molecule has 1 N–H and O–H groups in total. The topological polar surface area (TPSA) is 24.5 Å². The van der Waals surface area contributed by atoms with Crippen LogP contribution in [0.3, 0.4) is 0 Å². The predicted molar refractivity (Wildman–Crippen MR) is 88.2 cm³/mol. The summed E-state index contributed by atoms with van der Waals surface area (Å²) in [6.07, 6.45) is 2.63. The molecule has 1 fully saturated rings. The van der Waals surface area contributed by atoms with Gasteiger partial charge in [0.1, 0.15) is 5.75 Å². The lowest BCUT2D eigenvalue weighted by Crippen LogP contribution is -2.17. The number of benzene rings is 2. The maximum atomic E-state index is 5.35. The molecule has 3 rings (SSSR count). The number of methoxy groups -OCH3 is 1. The smallest absolute Gasteiger partial charge is 0.141 e. The highest BCUT2D eigenvalue weighted by Crippen LogP contribution is 2.24. The number of nitrogens with zero attached hydrogens (tertiary/aromatic N) is 1. The second-order valence-corrected chi connectivity index (χ2v) is 5.41. The highest BCUT2D eigenvalue weighted by atomic mass is 16.5. The van der Waals surface area contributed by atoms with Crippen molar-refractivity contribution in [2.24, 2.45) is 0 Å². The van der Waals surface area contributed by atoms with E-state index >= 15 is 0 Å². The van der Waals surface area contributed by atoms with Crippen LogP contribution in [0.4, 0.5) is 11.4 Å². The molecule has 0 spiro atoms. The molecule has 3 nitrogen and oxygen atoms in total. The summed E-state index contributed by atoms with van der Waals surface area (Å²) in [7, 11) is 1.70. The van der Waals surface area contributed by atoms with E-state index in [1.807, 2.05) is 24.3 Å². The van der Waals surface area contributed by atoms with Crippen LogP contribution in [-0.4, -0.2) is 20.2 Å². The minimum Gasteiger partial charge on any atom is -0.495 e. The number of nitrogens with one attached hydrogen (secondary N) is 1. The van der Waals surface area contributed by atoms with Crippen molar-refractivity contribution < 1.29 is 4.74 Å². The molecule has 0 bridgehead atoms. The second-order valence-electron chi connectivity index (χ2n) is 5.41. The van der Waals surface area contributed by atoms with E-state index in [1.54, 1.807) is 7.11 Å². The van der Waals surface area contributed by atoms with Crippen molar-refractivity contribution in [2.75, 3.05) is 30.4 Å². The number of rotatable bonds is 5. The molecular weight excluding hydrogens is 260 g/mol. The SMILES string of the molecule is COc1ccccc1NCc1ccc(N2CCCC2)cc1. The van der Waals surface area contributed by atoms with E-state index in [9.17, 15) is 0 Å². The molecule has 1 saturated heterocycles. The number of ether oxygens (including phenoxy) is 1. The summed E-state index contributed by atoms with van der Waals surface area (Å²) in [5.74, 6) is 0.881. The van der Waals surface area contributed by atoms with Crippen LogP contribution in [-0.2, 0) is 6.54 Å². The van der Waals surface area contributed by atoms with E-state index in [4.69, 9.17) is 4.74 Å². The summed E-state index contributed by atoms with van der Waals surface area (Å²) in [4.78, 5) is 2.46. The Morgan fingerprint density at radius 3 is 2.43 bits per heavy atom. The monoisotopic (exact) mass is 282 g/mol. The summed E-state index contributed by atoms with van der Waals surface area (Å²) < 4.78 is 5.35. The van der Waals surface area contributed by atoms with Gasteiger partial charge in [0.2, 0.25) is 0 Å². The van der Waals surface area contributed by atoms with E-state index in [0.717, 1.165) is 18.0 Å². The Kier molecular flexibility index (Phi) is 4.29. The van der Waals surface area contributed by atoms with Gasteiger partial charge in [0, 0.05) is 25.3 Å². The quantitative estimate of drug-likeness (QED) is 0.900. The molecule has 1 aliphatic heterocycles. The molecular formula is C18H22N2O. The van der Waals surface area contributed by atoms with Crippen molar-refractivity contribution in [3.8, 4) is 5.75 Å². The van der Waals surface area contributed by atoms with Gasteiger partial charge in [0.25, 0.3) is 0 Å². The molecule has 1 aliphatic rings. The first kappa shape index (κ1) is 13.8. The molecule has 3 heteroatoms. The number of para-hydroxylation sites is 2. The Morgan fingerprint density at radius 1 is 1.00 bits per heavy atom. The summed E-state index contributed by atoms with van der Waals surface area (Å²) in [5.41, 5.74) is 3.65. The lowest BCUT2D eigenvalue weighted by atomic mass is 10.2. The van der Waals surface area contributed by atoms with Crippen molar-refractivity contribution in [3.05, 3.63) is 54.1 Å². The zero-order valence-electron chi connectivity index (χ0n) is 12.5. The van der Waals surface area contributed by atoms with Crippen LogP contribution in [0.2, 0.25) is 0 Å². The Bertz CT molecular complexity index is 574. The summed E-state index contributed by atoms with van der Waals surface area (Å²) >= 11 is 0. The highest BCUT2D eigenvalue weighted by Gasteiger charge is 2.11. The van der Waals surface area contributed by atoms with E-state index in [2.05, 4.69) is 34.5 Å². The molecule has 2 aromatic carbocycles. The van der Waals surface area contributed by atoms with Crippen molar-refractivity contribution in [1.29, 1.82) is 0 Å². The van der Waals surface area contributed by atoms with Crippen LogP contribution >= 0.6 is 0 Å². The third-order valence-corrected chi connectivity index (χ3v) is 4.00. The van der Waals surface area contributed by atoms with Gasteiger partial charge >= 0.3 is 0 Å². The fourth-order valence-electron chi connectivity index (χ4n) is 2.79. The van der Waals surface area contributed by atoms with Crippen LogP contribution in [0.1, 0.15) is 18.4 Å². The number of anilines is 2. The predicted octanol–water partition coefficient (Wildman–Crippen LogP) is 3.91. The van der Waals surface area contributed by atoms with Gasteiger partial charge in [0.15, 0.2) is 0 Å². The van der Waals surface area contributed by atoms with Gasteiger partial charge in [-0.05, 0) is 42.7 Å². The third-order valence-electron chi connectivity index (χ3n) is 4.00. The van der Waals surface area contributed by atoms with Crippen LogP contribution in [0, 0.1) is 0 Å². The van der Waals surface area contributed by atoms with Crippen LogP contribution in [0.25, 0.3) is 0 Å². The first-order valence-electron chi connectivity index (χ1n) is 7.57. The molecule has 0 amide bonds. The zero-order valence-corrected chi connectivity index (χ0v) is 12.5. The largest absolute Gasteiger partial charge is 0.495 e. The van der Waals surface area contributed by atoms with Gasteiger partial charge in [-0.15, -0.1) is 0 Å². The average Bonchev–Trinajstić information content (AvgIpc) is 3.08. The maximum absolute atomic E-state index is 5.35. The first-order chi connectivity index (χ1) is 10.4. The lowest BCUT2D eigenvalue weighted by molar-refractivity contribution is 0.416. The van der Waals surface area contributed by atoms with Gasteiger partial charge in [-0.1, -0.05) is 24.3 Å². The van der Waals surface area contributed by atoms with E-state index < -0.39 is 0 Å². The molecule has 110 valence electrons. The van der Waals surface area contributed by atoms with E-state index in [1.165, 1.54) is 37.2 Å². The Balaban J connectivity index is 1.62. The Labute approximate surface area is 126 Å². The maximum Gasteiger partial charge on any atom is 0.141 e. The van der Waals surface area contributed by atoms with Gasteiger partial charge in [-0.2, -0.15) is 0 Å². The van der Waals surface area contributed by atoms with E-state index in [0.29, 0.717) is 0 Å². The van der Waals surface area contributed by atoms with Gasteiger partial charge in [-0.3, -0.25) is 0 Å². The number of hydrogen-bond acceptors (Lipinski definition) is 3. The lowest BCUT2D eigenvalue weighted by Gasteiger charge is -2.18.